The van der Waals surface area contributed by atoms with Crippen LogP contribution in [0.15, 0.2) is 6.20 Å². The molecule has 1 saturated heterocycles. The van der Waals surface area contributed by atoms with E-state index >= 15 is 0 Å². The van der Waals surface area contributed by atoms with E-state index in [2.05, 4.69) is 40.3 Å². The summed E-state index contributed by atoms with van der Waals surface area (Å²) in [5.74, 6) is 0.673. The lowest BCUT2D eigenvalue weighted by Crippen LogP contribution is -2.44. The third kappa shape index (κ3) is 4.28. The molecular weight excluding hydrogens is 256 g/mol. The van der Waals surface area contributed by atoms with Gasteiger partial charge in [0.15, 0.2) is 0 Å². The lowest BCUT2D eigenvalue weighted by Gasteiger charge is -2.11. The minimum absolute atomic E-state index is 0.0422. The molecule has 1 aliphatic rings. The predicted octanol–water partition coefficient (Wildman–Crippen LogP) is -0.0161. The van der Waals surface area contributed by atoms with Gasteiger partial charge in [-0.15, -0.1) is 5.10 Å². The Labute approximate surface area is 119 Å². The Morgan fingerprint density at radius 3 is 3.00 bits per heavy atom. The Kier molecular flexibility index (Phi) is 5.08. The highest BCUT2D eigenvalue weighted by atomic mass is 16.2. The Morgan fingerprint density at radius 2 is 2.35 bits per heavy atom. The van der Waals surface area contributed by atoms with Crippen LogP contribution in [0.5, 0.6) is 0 Å². The molecule has 0 aliphatic carbocycles. The predicted molar refractivity (Wildman–Crippen MR) is 75.7 cm³/mol. The van der Waals surface area contributed by atoms with Crippen LogP contribution >= 0.6 is 0 Å². The first-order valence-corrected chi connectivity index (χ1v) is 7.20. The zero-order valence-electron chi connectivity index (χ0n) is 12.4. The fourth-order valence-electron chi connectivity index (χ4n) is 2.44. The van der Waals surface area contributed by atoms with Crippen molar-refractivity contribution in [1.82, 2.24) is 31.2 Å². The molecule has 0 saturated carbocycles. The van der Waals surface area contributed by atoms with Crippen molar-refractivity contribution in [3.8, 4) is 0 Å². The maximum Gasteiger partial charge on any atom is 0.238 e. The zero-order chi connectivity index (χ0) is 14.5. The number of hydrazine groups is 1. The van der Waals surface area contributed by atoms with Crippen molar-refractivity contribution < 1.29 is 4.79 Å². The Hall–Kier alpha value is -1.47. The fraction of sp³-hybridized carbons (Fsp3) is 0.769. The van der Waals surface area contributed by atoms with Crippen molar-refractivity contribution in [2.75, 3.05) is 6.54 Å². The first-order chi connectivity index (χ1) is 9.54. The summed E-state index contributed by atoms with van der Waals surface area (Å²) in [5.41, 5.74) is 7.14. The molecular formula is C13H24N6O. The van der Waals surface area contributed by atoms with Gasteiger partial charge in [0.25, 0.3) is 0 Å². The van der Waals surface area contributed by atoms with Gasteiger partial charge >= 0.3 is 0 Å². The van der Waals surface area contributed by atoms with Crippen LogP contribution in [-0.2, 0) is 11.3 Å². The van der Waals surface area contributed by atoms with Crippen LogP contribution in [0.1, 0.15) is 32.4 Å². The van der Waals surface area contributed by atoms with Crippen molar-refractivity contribution >= 4 is 5.91 Å². The van der Waals surface area contributed by atoms with Crippen molar-refractivity contribution in [2.24, 2.45) is 5.92 Å². The second-order valence-corrected chi connectivity index (χ2v) is 5.82. The topological polar surface area (TPSA) is 83.9 Å². The molecule has 112 valence electrons. The summed E-state index contributed by atoms with van der Waals surface area (Å²) >= 11 is 0. The minimum atomic E-state index is -0.142. The molecule has 2 unspecified atom stereocenters. The van der Waals surface area contributed by atoms with Crippen LogP contribution in [0.25, 0.3) is 0 Å². The highest BCUT2D eigenvalue weighted by molar-refractivity contribution is 5.81. The number of carbonyl (C=O) groups excluding carboxylic acids is 1. The molecule has 0 aromatic carbocycles. The molecule has 2 atom stereocenters. The normalized spacial score (nSPS) is 22.4. The molecule has 7 nitrogen and oxygen atoms in total. The van der Waals surface area contributed by atoms with Crippen molar-refractivity contribution in [2.45, 2.75) is 52.2 Å². The van der Waals surface area contributed by atoms with Crippen molar-refractivity contribution in [3.05, 3.63) is 11.9 Å². The minimum Gasteiger partial charge on any atom is -0.353 e. The van der Waals surface area contributed by atoms with Gasteiger partial charge in [0.2, 0.25) is 5.91 Å². The van der Waals surface area contributed by atoms with Crippen LogP contribution in [0, 0.1) is 12.8 Å². The third-order valence-electron chi connectivity index (χ3n) is 3.35. The number of hydrogen-bond donors (Lipinski definition) is 3. The molecule has 1 fully saturated rings. The fourth-order valence-corrected chi connectivity index (χ4v) is 2.44. The average Bonchev–Trinajstić information content (AvgIpc) is 2.98. The number of hydrogen-bond acceptors (Lipinski definition) is 5. The maximum absolute atomic E-state index is 12.0. The largest absolute Gasteiger partial charge is 0.353 e. The van der Waals surface area contributed by atoms with Gasteiger partial charge in [-0.3, -0.25) is 14.9 Å². The summed E-state index contributed by atoms with van der Waals surface area (Å²) in [6, 6.07) is 0.236. The van der Waals surface area contributed by atoms with Crippen LogP contribution in [0.4, 0.5) is 0 Å². The zero-order valence-corrected chi connectivity index (χ0v) is 12.4. The highest BCUT2D eigenvalue weighted by Crippen LogP contribution is 2.13. The molecule has 7 heteroatoms. The summed E-state index contributed by atoms with van der Waals surface area (Å²) < 4.78 is 1.73. The SMILES string of the molecule is Cc1cn(CCNC(=O)C2CC(CC(C)C)NN2)nn1. The summed E-state index contributed by atoms with van der Waals surface area (Å²) in [7, 11) is 0. The van der Waals surface area contributed by atoms with E-state index in [0.717, 1.165) is 18.5 Å². The Bertz CT molecular complexity index is 444. The standard InChI is InChI=1S/C13H24N6O/c1-9(2)6-11-7-12(17-16-11)13(20)14-4-5-19-8-10(3)15-18-19/h8-9,11-12,16-17H,4-7H2,1-3H3,(H,14,20). The van der Waals surface area contributed by atoms with E-state index in [0.29, 0.717) is 25.0 Å². The van der Waals surface area contributed by atoms with E-state index in [1.807, 2.05) is 13.1 Å². The summed E-state index contributed by atoms with van der Waals surface area (Å²) in [5, 5.41) is 10.8. The lowest BCUT2D eigenvalue weighted by atomic mass is 10.00. The van der Waals surface area contributed by atoms with Gasteiger partial charge in [0, 0.05) is 18.8 Å². The van der Waals surface area contributed by atoms with E-state index in [-0.39, 0.29) is 11.9 Å². The van der Waals surface area contributed by atoms with E-state index in [1.54, 1.807) is 4.68 Å². The summed E-state index contributed by atoms with van der Waals surface area (Å²) in [6.07, 6.45) is 3.78. The van der Waals surface area contributed by atoms with E-state index in [9.17, 15) is 4.79 Å². The summed E-state index contributed by atoms with van der Waals surface area (Å²) in [6.45, 7) is 7.48. The second kappa shape index (κ2) is 6.81. The van der Waals surface area contributed by atoms with Crippen LogP contribution < -0.4 is 16.2 Å². The van der Waals surface area contributed by atoms with Gasteiger partial charge in [-0.1, -0.05) is 19.1 Å². The molecule has 2 heterocycles. The number of aryl methyl sites for hydroxylation is 1. The number of aromatic nitrogens is 3. The second-order valence-electron chi connectivity index (χ2n) is 5.82. The van der Waals surface area contributed by atoms with Gasteiger partial charge in [-0.25, -0.2) is 5.43 Å². The number of nitrogens with zero attached hydrogens (tertiary/aromatic N) is 3. The van der Waals surface area contributed by atoms with Crippen LogP contribution in [-0.4, -0.2) is 39.5 Å². The smallest absolute Gasteiger partial charge is 0.238 e. The monoisotopic (exact) mass is 280 g/mol. The molecule has 0 radical (unpaired) electrons. The van der Waals surface area contributed by atoms with E-state index in [4.69, 9.17) is 0 Å². The Morgan fingerprint density at radius 1 is 1.55 bits per heavy atom. The van der Waals surface area contributed by atoms with Gasteiger partial charge in [0.1, 0.15) is 6.04 Å². The molecule has 0 bridgehead atoms. The van der Waals surface area contributed by atoms with Crippen LogP contribution in [0.3, 0.4) is 0 Å². The first kappa shape index (κ1) is 14.9. The van der Waals surface area contributed by atoms with Gasteiger partial charge in [-0.2, -0.15) is 0 Å². The molecule has 20 heavy (non-hydrogen) atoms. The van der Waals surface area contributed by atoms with Gasteiger partial charge < -0.3 is 5.32 Å². The maximum atomic E-state index is 12.0. The average molecular weight is 280 g/mol. The number of amides is 1. The van der Waals surface area contributed by atoms with Crippen LogP contribution in [0.2, 0.25) is 0 Å². The molecule has 1 aromatic heterocycles. The van der Waals surface area contributed by atoms with Gasteiger partial charge in [-0.05, 0) is 25.7 Å². The van der Waals surface area contributed by atoms with Crippen molar-refractivity contribution in [3.63, 3.8) is 0 Å². The first-order valence-electron chi connectivity index (χ1n) is 7.20. The lowest BCUT2D eigenvalue weighted by molar-refractivity contribution is -0.122. The Balaban J connectivity index is 1.68. The molecule has 1 aromatic rings. The highest BCUT2D eigenvalue weighted by Gasteiger charge is 2.29. The number of nitrogens with one attached hydrogen (secondary N) is 3. The number of rotatable bonds is 6. The molecule has 2 rings (SSSR count). The molecule has 1 aliphatic heterocycles. The molecule has 3 N–H and O–H groups in total. The molecule has 0 spiro atoms. The van der Waals surface area contributed by atoms with Crippen molar-refractivity contribution in [1.29, 1.82) is 0 Å². The van der Waals surface area contributed by atoms with E-state index in [1.165, 1.54) is 0 Å². The quantitative estimate of drug-likeness (QED) is 0.682. The molecule has 1 amide bonds. The number of carbonyl (C=O) groups is 1. The third-order valence-corrected chi connectivity index (χ3v) is 3.35. The summed E-state index contributed by atoms with van der Waals surface area (Å²) in [4.78, 5) is 12.0. The van der Waals surface area contributed by atoms with E-state index < -0.39 is 0 Å². The van der Waals surface area contributed by atoms with Gasteiger partial charge in [0.05, 0.1) is 12.2 Å².